The Morgan fingerprint density at radius 1 is 1.38 bits per heavy atom. The van der Waals surface area contributed by atoms with Crippen molar-refractivity contribution in [3.63, 3.8) is 0 Å². The summed E-state index contributed by atoms with van der Waals surface area (Å²) in [5.74, 6) is 0. The molecule has 0 fully saturated rings. The molecular weight excluding hydrogens is 332 g/mol. The maximum Gasteiger partial charge on any atom is 1.00 e. The minimum absolute atomic E-state index is 0. The topological polar surface area (TPSA) is 57.5 Å². The van der Waals surface area contributed by atoms with Crippen molar-refractivity contribution in [1.29, 1.82) is 0 Å². The first-order chi connectivity index (χ1) is 5.31. The maximum atomic E-state index is 11.5. The number of methoxy groups -OCH3 is 1. The van der Waals surface area contributed by atoms with Crippen LogP contribution in [0.15, 0.2) is 0 Å². The Labute approximate surface area is 133 Å². The molecule has 0 aromatic rings. The van der Waals surface area contributed by atoms with Gasteiger partial charge in [-0.05, 0) is 0 Å². The Morgan fingerprint density at radius 2 is 1.85 bits per heavy atom. The van der Waals surface area contributed by atoms with E-state index in [2.05, 4.69) is 9.46 Å². The number of rotatable bonds is 4. The second kappa shape index (κ2) is 7.06. The smallest absolute Gasteiger partial charge is 0.539 e. The van der Waals surface area contributed by atoms with Gasteiger partial charge in [-0.25, -0.2) is 8.42 Å². The van der Waals surface area contributed by atoms with Crippen molar-refractivity contribution in [2.45, 2.75) is 5.51 Å². The van der Waals surface area contributed by atoms with Crippen LogP contribution in [0.2, 0.25) is 0 Å². The zero-order valence-electron chi connectivity index (χ0n) is 7.13. The first-order valence-corrected chi connectivity index (χ1v) is 4.24. The summed E-state index contributed by atoms with van der Waals surface area (Å²) < 4.78 is 61.7. The molecule has 0 amide bonds. The van der Waals surface area contributed by atoms with Crippen LogP contribution in [0.1, 0.15) is 0 Å². The van der Waals surface area contributed by atoms with Crippen molar-refractivity contribution >= 4 is 10.0 Å². The van der Waals surface area contributed by atoms with E-state index in [4.69, 9.17) is 0 Å². The summed E-state index contributed by atoms with van der Waals surface area (Å²) in [5, 5.41) is 0. The van der Waals surface area contributed by atoms with Crippen molar-refractivity contribution in [2.24, 2.45) is 0 Å². The van der Waals surface area contributed by atoms with Gasteiger partial charge in [0.05, 0.1) is 0 Å². The average molecular weight is 339 g/mol. The van der Waals surface area contributed by atoms with Crippen LogP contribution < -0.4 is 68.9 Å². The van der Waals surface area contributed by atoms with E-state index in [0.29, 0.717) is 0 Å². The molecule has 0 aromatic heterocycles. The average Bonchev–Trinajstić information content (AvgIpc) is 1.85. The SMILES string of the molecule is COCC[N-]S(=O)(=O)C(F)(F)F.[Cs+]. The van der Waals surface area contributed by atoms with Gasteiger partial charge in [0.1, 0.15) is 0 Å². The molecule has 74 valence electrons. The van der Waals surface area contributed by atoms with Gasteiger partial charge < -0.3 is 9.46 Å². The number of nitrogens with zero attached hydrogens (tertiary/aromatic N) is 1. The van der Waals surface area contributed by atoms with Crippen LogP contribution in [-0.4, -0.2) is 34.2 Å². The van der Waals surface area contributed by atoms with Gasteiger partial charge in [0.2, 0.25) is 0 Å². The number of hydrogen-bond acceptors (Lipinski definition) is 3. The summed E-state index contributed by atoms with van der Waals surface area (Å²) in [6.45, 7) is -0.673. The molecule has 0 rings (SSSR count). The molecule has 0 radical (unpaired) electrons. The molecule has 13 heavy (non-hydrogen) atoms. The Balaban J connectivity index is 0. The number of halogens is 3. The fraction of sp³-hybridized carbons (Fsp3) is 1.00. The second-order valence-corrected chi connectivity index (χ2v) is 3.44. The zero-order chi connectivity index (χ0) is 9.83. The predicted molar refractivity (Wildman–Crippen MR) is 35.1 cm³/mol. The molecule has 0 atom stereocenters. The van der Waals surface area contributed by atoms with E-state index in [0.717, 1.165) is 0 Å². The summed E-state index contributed by atoms with van der Waals surface area (Å²) in [6, 6.07) is 0. The second-order valence-electron chi connectivity index (χ2n) is 1.77. The first kappa shape index (κ1) is 17.1. The Bertz CT molecular complexity index is 227. The Morgan fingerprint density at radius 3 is 2.15 bits per heavy atom. The fourth-order valence-corrected chi connectivity index (χ4v) is 0.783. The monoisotopic (exact) mass is 339 g/mol. The number of sulfonamides is 1. The molecular formula is C4H7CsF3NO3S. The summed E-state index contributed by atoms with van der Waals surface area (Å²) >= 11 is 0. The molecule has 0 aromatic carbocycles. The van der Waals surface area contributed by atoms with Crippen molar-refractivity contribution in [1.82, 2.24) is 0 Å². The number of alkyl halides is 3. The third-order valence-electron chi connectivity index (χ3n) is 0.849. The summed E-state index contributed by atoms with van der Waals surface area (Å²) in [7, 11) is -4.09. The van der Waals surface area contributed by atoms with Crippen LogP contribution in [0, 0.1) is 0 Å². The van der Waals surface area contributed by atoms with Crippen LogP contribution in [0.4, 0.5) is 13.2 Å². The van der Waals surface area contributed by atoms with E-state index >= 15 is 0 Å². The van der Waals surface area contributed by atoms with E-state index in [9.17, 15) is 21.6 Å². The van der Waals surface area contributed by atoms with Crippen molar-refractivity contribution < 1.29 is 95.2 Å². The van der Waals surface area contributed by atoms with Gasteiger partial charge >= 0.3 is 74.4 Å². The van der Waals surface area contributed by atoms with Gasteiger partial charge in [0.15, 0.2) is 10.0 Å². The van der Waals surface area contributed by atoms with Gasteiger partial charge in [-0.2, -0.15) is 13.2 Å². The molecule has 0 spiro atoms. The Hall–Kier alpha value is 1.71. The Kier molecular flexibility index (Phi) is 9.30. The van der Waals surface area contributed by atoms with Gasteiger partial charge in [-0.3, -0.25) is 0 Å². The molecule has 0 heterocycles. The van der Waals surface area contributed by atoms with Crippen LogP contribution in [0.5, 0.6) is 0 Å². The van der Waals surface area contributed by atoms with Crippen LogP contribution in [0.25, 0.3) is 4.72 Å². The van der Waals surface area contributed by atoms with E-state index in [1.54, 1.807) is 0 Å². The minimum Gasteiger partial charge on any atom is -0.539 e. The van der Waals surface area contributed by atoms with Crippen LogP contribution in [-0.2, 0) is 14.8 Å². The normalized spacial score (nSPS) is 12.3. The van der Waals surface area contributed by atoms with Gasteiger partial charge in [0, 0.05) is 13.7 Å². The van der Waals surface area contributed by atoms with Gasteiger partial charge in [-0.1, -0.05) is 0 Å². The molecule has 4 nitrogen and oxygen atoms in total. The molecule has 0 bridgehead atoms. The van der Waals surface area contributed by atoms with Crippen molar-refractivity contribution in [3.05, 3.63) is 4.72 Å². The number of ether oxygens (including phenoxy) is 1. The molecule has 0 unspecified atom stereocenters. The molecule has 0 saturated carbocycles. The molecule has 9 heteroatoms. The molecule has 0 N–H and O–H groups in total. The summed E-state index contributed by atoms with van der Waals surface area (Å²) in [4.78, 5) is 0. The van der Waals surface area contributed by atoms with E-state index in [1.165, 1.54) is 7.11 Å². The molecule has 0 aliphatic heterocycles. The predicted octanol–water partition coefficient (Wildman–Crippen LogP) is -2.14. The zero-order valence-corrected chi connectivity index (χ0v) is 14.2. The van der Waals surface area contributed by atoms with E-state index < -0.39 is 22.1 Å². The maximum absolute atomic E-state index is 11.5. The van der Waals surface area contributed by atoms with E-state index in [1.807, 2.05) is 0 Å². The minimum atomic E-state index is -5.32. The molecule has 0 aliphatic rings. The van der Waals surface area contributed by atoms with Gasteiger partial charge in [0.25, 0.3) is 0 Å². The summed E-state index contributed by atoms with van der Waals surface area (Å²) in [5.41, 5.74) is -5.30. The van der Waals surface area contributed by atoms with E-state index in [-0.39, 0.29) is 75.5 Å². The van der Waals surface area contributed by atoms with Crippen molar-refractivity contribution in [3.8, 4) is 0 Å². The largest absolute Gasteiger partial charge is 1.00 e. The summed E-state index contributed by atoms with van der Waals surface area (Å²) in [6.07, 6.45) is 0. The van der Waals surface area contributed by atoms with Crippen LogP contribution in [0.3, 0.4) is 0 Å². The third kappa shape index (κ3) is 6.73. The first-order valence-electron chi connectivity index (χ1n) is 2.80. The van der Waals surface area contributed by atoms with Crippen LogP contribution >= 0.6 is 0 Å². The molecule has 0 aliphatic carbocycles. The van der Waals surface area contributed by atoms with Gasteiger partial charge in [-0.15, -0.1) is 6.54 Å². The van der Waals surface area contributed by atoms with Crippen molar-refractivity contribution in [2.75, 3.05) is 20.3 Å². The standard InChI is InChI=1S/C4H7F3NO3S.Cs/c1-11-3-2-8-12(9,10)4(5,6)7;/h2-3H2,1H3;/q-1;+1. The quantitative estimate of drug-likeness (QED) is 0.550. The number of hydrogen-bond donors (Lipinski definition) is 0. The fourth-order valence-electron chi connectivity index (χ4n) is 0.322. The molecule has 0 saturated heterocycles. The third-order valence-corrected chi connectivity index (χ3v) is 1.96.